The lowest BCUT2D eigenvalue weighted by molar-refractivity contribution is -0.126. The first-order valence-corrected chi connectivity index (χ1v) is 7.98. The van der Waals surface area contributed by atoms with Crippen molar-refractivity contribution in [3.63, 3.8) is 0 Å². The molecule has 1 aliphatic heterocycles. The molecule has 126 valence electrons. The minimum atomic E-state index is -0.312. The smallest absolute Gasteiger partial charge is 0.223 e. The summed E-state index contributed by atoms with van der Waals surface area (Å²) in [6, 6.07) is 9.32. The van der Waals surface area contributed by atoms with Gasteiger partial charge in [-0.1, -0.05) is 13.0 Å². The highest BCUT2D eigenvalue weighted by molar-refractivity contribution is 5.78. The second-order valence-corrected chi connectivity index (χ2v) is 5.99. The molecular weight excluding hydrogens is 309 g/mol. The summed E-state index contributed by atoms with van der Waals surface area (Å²) in [5.74, 6) is 1.13. The maximum absolute atomic E-state index is 12.9. The lowest BCUT2D eigenvalue weighted by Crippen LogP contribution is -2.49. The summed E-state index contributed by atoms with van der Waals surface area (Å²) in [7, 11) is 0. The summed E-state index contributed by atoms with van der Waals surface area (Å²) in [5.41, 5.74) is 0.897. The molecule has 1 fully saturated rings. The van der Waals surface area contributed by atoms with Crippen molar-refractivity contribution in [2.75, 3.05) is 13.1 Å². The highest BCUT2D eigenvalue weighted by Gasteiger charge is 2.28. The normalized spacial score (nSPS) is 15.4. The van der Waals surface area contributed by atoms with Gasteiger partial charge in [0.2, 0.25) is 11.8 Å². The van der Waals surface area contributed by atoms with Crippen LogP contribution in [-0.2, 0) is 11.3 Å². The number of carbonyl (C=O) groups is 1. The molecule has 1 amide bonds. The predicted molar refractivity (Wildman–Crippen MR) is 88.1 cm³/mol. The zero-order chi connectivity index (χ0) is 16.9. The maximum atomic E-state index is 12.9. The fourth-order valence-corrected chi connectivity index (χ4v) is 2.43. The minimum Gasteiger partial charge on any atom is -0.439 e. The van der Waals surface area contributed by atoms with E-state index in [0.717, 1.165) is 18.7 Å². The highest BCUT2D eigenvalue weighted by Crippen LogP contribution is 2.20. The Balaban J connectivity index is 1.50. The number of carbonyl (C=O) groups excluding carboxylic acids is 1. The summed E-state index contributed by atoms with van der Waals surface area (Å²) in [6.07, 6.45) is 1.66. The second-order valence-electron chi connectivity index (χ2n) is 5.99. The largest absolute Gasteiger partial charge is 0.439 e. The third-order valence-electron chi connectivity index (χ3n) is 4.23. The molecule has 0 saturated carbocycles. The molecule has 2 aromatic rings. The van der Waals surface area contributed by atoms with Crippen molar-refractivity contribution >= 4 is 5.91 Å². The number of halogens is 1. The lowest BCUT2D eigenvalue weighted by Gasteiger charge is -2.31. The molecule has 1 aromatic heterocycles. The van der Waals surface area contributed by atoms with Crippen LogP contribution in [0.2, 0.25) is 0 Å². The molecule has 1 aromatic carbocycles. The van der Waals surface area contributed by atoms with E-state index in [9.17, 15) is 9.18 Å². The molecule has 2 heterocycles. The number of aromatic nitrogens is 1. The van der Waals surface area contributed by atoms with Crippen LogP contribution in [-0.4, -0.2) is 24.0 Å². The number of nitrogens with one attached hydrogen (secondary N) is 2. The van der Waals surface area contributed by atoms with Gasteiger partial charge in [-0.05, 0) is 48.8 Å². The van der Waals surface area contributed by atoms with Crippen LogP contribution < -0.4 is 15.4 Å². The SMILES string of the molecule is CC(C(=O)NCc1ccc(Oc2ccc(F)cc2)nc1)C1CNC1. The number of hydrogen-bond donors (Lipinski definition) is 2. The van der Waals surface area contributed by atoms with Crippen LogP contribution in [0.4, 0.5) is 4.39 Å². The summed E-state index contributed by atoms with van der Waals surface area (Å²) >= 11 is 0. The van der Waals surface area contributed by atoms with E-state index in [1.165, 1.54) is 12.1 Å². The minimum absolute atomic E-state index is 0.0142. The van der Waals surface area contributed by atoms with Gasteiger partial charge in [0.1, 0.15) is 11.6 Å². The first kappa shape index (κ1) is 16.4. The number of pyridine rings is 1. The van der Waals surface area contributed by atoms with E-state index in [-0.39, 0.29) is 17.6 Å². The molecular formula is C18H20FN3O2. The van der Waals surface area contributed by atoms with Crippen LogP contribution in [0.5, 0.6) is 11.6 Å². The summed E-state index contributed by atoms with van der Waals surface area (Å²) in [5, 5.41) is 6.11. The fraction of sp³-hybridized carbons (Fsp3) is 0.333. The van der Waals surface area contributed by atoms with Crippen molar-refractivity contribution in [1.29, 1.82) is 0 Å². The molecule has 0 bridgehead atoms. The lowest BCUT2D eigenvalue weighted by atomic mass is 9.88. The number of nitrogens with zero attached hydrogens (tertiary/aromatic N) is 1. The monoisotopic (exact) mass is 329 g/mol. The van der Waals surface area contributed by atoms with Gasteiger partial charge in [0.15, 0.2) is 0 Å². The van der Waals surface area contributed by atoms with Crippen molar-refractivity contribution in [1.82, 2.24) is 15.6 Å². The Bertz CT molecular complexity index is 684. The fourth-order valence-electron chi connectivity index (χ4n) is 2.43. The maximum Gasteiger partial charge on any atom is 0.223 e. The Labute approximate surface area is 140 Å². The average Bonchev–Trinajstić information content (AvgIpc) is 2.54. The van der Waals surface area contributed by atoms with Crippen molar-refractivity contribution in [3.8, 4) is 11.6 Å². The van der Waals surface area contributed by atoms with E-state index in [1.807, 2.05) is 13.0 Å². The van der Waals surface area contributed by atoms with E-state index < -0.39 is 0 Å². The topological polar surface area (TPSA) is 63.2 Å². The number of ether oxygens (including phenoxy) is 1. The third-order valence-corrected chi connectivity index (χ3v) is 4.23. The number of rotatable bonds is 6. The molecule has 0 radical (unpaired) electrons. The van der Waals surface area contributed by atoms with Crippen LogP contribution in [0.25, 0.3) is 0 Å². The van der Waals surface area contributed by atoms with Crippen LogP contribution in [0, 0.1) is 17.7 Å². The Morgan fingerprint density at radius 2 is 2.08 bits per heavy atom. The van der Waals surface area contributed by atoms with Gasteiger partial charge in [-0.3, -0.25) is 4.79 Å². The van der Waals surface area contributed by atoms with Crippen molar-refractivity contribution in [3.05, 3.63) is 54.0 Å². The second kappa shape index (κ2) is 7.40. The first-order valence-electron chi connectivity index (χ1n) is 7.98. The first-order chi connectivity index (χ1) is 11.6. The molecule has 2 N–H and O–H groups in total. The van der Waals surface area contributed by atoms with Crippen molar-refractivity contribution < 1.29 is 13.9 Å². The van der Waals surface area contributed by atoms with Crippen LogP contribution in [0.15, 0.2) is 42.6 Å². The number of amides is 1. The number of hydrogen-bond acceptors (Lipinski definition) is 4. The molecule has 6 heteroatoms. The summed E-state index contributed by atoms with van der Waals surface area (Å²) < 4.78 is 18.4. The average molecular weight is 329 g/mol. The molecule has 1 unspecified atom stereocenters. The van der Waals surface area contributed by atoms with E-state index >= 15 is 0 Å². The Kier molecular flexibility index (Phi) is 5.05. The van der Waals surface area contributed by atoms with E-state index in [4.69, 9.17) is 4.74 Å². The van der Waals surface area contributed by atoms with Gasteiger partial charge in [-0.2, -0.15) is 0 Å². The Morgan fingerprint density at radius 3 is 2.67 bits per heavy atom. The summed E-state index contributed by atoms with van der Waals surface area (Å²) in [6.45, 7) is 4.21. The third kappa shape index (κ3) is 4.08. The van der Waals surface area contributed by atoms with Crippen LogP contribution in [0.3, 0.4) is 0 Å². The zero-order valence-electron chi connectivity index (χ0n) is 13.5. The molecule has 0 aliphatic carbocycles. The van der Waals surface area contributed by atoms with Crippen LogP contribution >= 0.6 is 0 Å². The Hall–Kier alpha value is -2.47. The Morgan fingerprint density at radius 1 is 1.33 bits per heavy atom. The zero-order valence-corrected chi connectivity index (χ0v) is 13.5. The van der Waals surface area contributed by atoms with E-state index in [0.29, 0.717) is 24.1 Å². The van der Waals surface area contributed by atoms with Gasteiger partial charge in [0.25, 0.3) is 0 Å². The quantitative estimate of drug-likeness (QED) is 0.855. The van der Waals surface area contributed by atoms with Gasteiger partial charge in [0, 0.05) is 24.7 Å². The number of benzene rings is 1. The van der Waals surface area contributed by atoms with Gasteiger partial charge in [-0.25, -0.2) is 9.37 Å². The molecule has 3 rings (SSSR count). The standard InChI is InChI=1S/C18H20FN3O2/c1-12(14-10-20-11-14)18(23)22-9-13-2-7-17(21-8-13)24-16-5-3-15(19)4-6-16/h2-8,12,14,20H,9-11H2,1H3,(H,22,23). The molecule has 0 spiro atoms. The molecule has 24 heavy (non-hydrogen) atoms. The van der Waals surface area contributed by atoms with Gasteiger partial charge in [0.05, 0.1) is 0 Å². The van der Waals surface area contributed by atoms with Crippen molar-refractivity contribution in [2.24, 2.45) is 11.8 Å². The van der Waals surface area contributed by atoms with Gasteiger partial charge >= 0.3 is 0 Å². The van der Waals surface area contributed by atoms with Gasteiger partial charge < -0.3 is 15.4 Å². The van der Waals surface area contributed by atoms with E-state index in [2.05, 4.69) is 15.6 Å². The van der Waals surface area contributed by atoms with Crippen LogP contribution in [0.1, 0.15) is 12.5 Å². The van der Waals surface area contributed by atoms with Crippen molar-refractivity contribution in [2.45, 2.75) is 13.5 Å². The molecule has 1 saturated heterocycles. The summed E-state index contributed by atoms with van der Waals surface area (Å²) in [4.78, 5) is 16.3. The predicted octanol–water partition coefficient (Wildman–Crippen LogP) is 2.48. The molecule has 5 nitrogen and oxygen atoms in total. The van der Waals surface area contributed by atoms with E-state index in [1.54, 1.807) is 24.4 Å². The molecule has 1 aliphatic rings. The van der Waals surface area contributed by atoms with Gasteiger partial charge in [-0.15, -0.1) is 0 Å². The highest BCUT2D eigenvalue weighted by atomic mass is 19.1. The molecule has 1 atom stereocenters.